The Morgan fingerprint density at radius 1 is 0.919 bits per heavy atom. The van der Waals surface area contributed by atoms with Crippen LogP contribution in [0.3, 0.4) is 0 Å². The van der Waals surface area contributed by atoms with Crippen LogP contribution in [0, 0.1) is 0 Å². The van der Waals surface area contributed by atoms with Crippen molar-refractivity contribution in [3.63, 3.8) is 0 Å². The Morgan fingerprint density at radius 2 is 1.57 bits per heavy atom. The summed E-state index contributed by atoms with van der Waals surface area (Å²) in [4.78, 5) is 29.2. The van der Waals surface area contributed by atoms with Gasteiger partial charge in [-0.2, -0.15) is 0 Å². The Morgan fingerprint density at radius 3 is 2.22 bits per heavy atom. The average Bonchev–Trinajstić information content (AvgIpc) is 2.95. The third-order valence-electron chi connectivity index (χ3n) is 5.66. The van der Waals surface area contributed by atoms with Crippen LogP contribution in [0.4, 0.5) is 5.69 Å². The minimum Gasteiger partial charge on any atom is -0.497 e. The number of hydrogen-bond donors (Lipinski definition) is 1. The quantitative estimate of drug-likeness (QED) is 0.268. The number of aromatic nitrogens is 3. The third kappa shape index (κ3) is 5.39. The van der Waals surface area contributed by atoms with Crippen molar-refractivity contribution < 1.29 is 23.8 Å². The van der Waals surface area contributed by atoms with Crippen LogP contribution in [0.5, 0.6) is 17.2 Å². The van der Waals surface area contributed by atoms with Crippen molar-refractivity contribution in [2.24, 2.45) is 0 Å². The number of anilines is 1. The van der Waals surface area contributed by atoms with Crippen molar-refractivity contribution in [3.8, 4) is 39.8 Å². The van der Waals surface area contributed by atoms with E-state index in [0.717, 1.165) is 22.6 Å². The molecule has 0 bridgehead atoms. The molecule has 2 heterocycles. The summed E-state index contributed by atoms with van der Waals surface area (Å²) in [5, 5.41) is 11.8. The summed E-state index contributed by atoms with van der Waals surface area (Å²) in [7, 11) is 3.22. The van der Waals surface area contributed by atoms with E-state index in [4.69, 9.17) is 19.2 Å². The Hall–Kier alpha value is -4.44. The summed E-state index contributed by atoms with van der Waals surface area (Å²) >= 11 is 1.19. The number of Topliss-reactive ketones (excluding diaryl/α,β-unsaturated/α-hetero) is 1. The van der Waals surface area contributed by atoms with Gasteiger partial charge in [0.2, 0.25) is 5.16 Å². The molecule has 1 aromatic heterocycles. The highest BCUT2D eigenvalue weighted by Gasteiger charge is 2.19. The molecule has 1 aliphatic heterocycles. The monoisotopic (exact) mass is 514 g/mol. The van der Waals surface area contributed by atoms with Gasteiger partial charge in [-0.3, -0.25) is 9.59 Å². The Bertz CT molecular complexity index is 1460. The van der Waals surface area contributed by atoms with E-state index in [9.17, 15) is 9.59 Å². The van der Waals surface area contributed by atoms with E-state index >= 15 is 0 Å². The third-order valence-corrected chi connectivity index (χ3v) is 6.50. The molecular weight excluding hydrogens is 492 g/mol. The van der Waals surface area contributed by atoms with Crippen molar-refractivity contribution in [2.45, 2.75) is 5.16 Å². The fraction of sp³-hybridized carbons (Fsp3) is 0.148. The molecule has 0 atom stereocenters. The zero-order valence-electron chi connectivity index (χ0n) is 20.1. The molecule has 0 spiro atoms. The number of thioether (sulfide) groups is 1. The number of ketones is 1. The van der Waals surface area contributed by atoms with Crippen molar-refractivity contribution in [1.29, 1.82) is 0 Å². The lowest BCUT2D eigenvalue weighted by atomic mass is 10.0. The highest BCUT2D eigenvalue weighted by atomic mass is 32.2. The normalized spacial score (nSPS) is 12.2. The number of benzene rings is 3. The van der Waals surface area contributed by atoms with Gasteiger partial charge in [-0.25, -0.2) is 4.98 Å². The summed E-state index contributed by atoms with van der Waals surface area (Å²) in [6.45, 7) is -0.0382. The van der Waals surface area contributed by atoms with E-state index in [1.807, 2.05) is 48.5 Å². The Balaban J connectivity index is 1.40. The van der Waals surface area contributed by atoms with Crippen LogP contribution in [0.1, 0.15) is 10.4 Å². The van der Waals surface area contributed by atoms with E-state index in [1.165, 1.54) is 11.8 Å². The maximum Gasteiger partial charge on any atom is 0.262 e. The van der Waals surface area contributed by atoms with Crippen LogP contribution >= 0.6 is 11.8 Å². The molecule has 1 amide bonds. The zero-order chi connectivity index (χ0) is 25.8. The molecule has 0 fully saturated rings. The van der Waals surface area contributed by atoms with E-state index in [1.54, 1.807) is 32.4 Å². The minimum atomic E-state index is -0.256. The van der Waals surface area contributed by atoms with E-state index in [2.05, 4.69) is 15.5 Å². The summed E-state index contributed by atoms with van der Waals surface area (Å²) in [5.74, 6) is 1.70. The molecule has 0 radical (unpaired) electrons. The second-order valence-electron chi connectivity index (χ2n) is 8.01. The fourth-order valence-electron chi connectivity index (χ4n) is 3.74. The zero-order valence-corrected chi connectivity index (χ0v) is 20.9. The van der Waals surface area contributed by atoms with Crippen LogP contribution in [0.2, 0.25) is 0 Å². The van der Waals surface area contributed by atoms with Crippen LogP contribution in [-0.2, 0) is 4.79 Å². The maximum absolute atomic E-state index is 12.9. The van der Waals surface area contributed by atoms with E-state index in [-0.39, 0.29) is 24.1 Å². The lowest BCUT2D eigenvalue weighted by molar-refractivity contribution is -0.118. The minimum absolute atomic E-state index is 0.0382. The smallest absolute Gasteiger partial charge is 0.262 e. The van der Waals surface area contributed by atoms with Crippen molar-refractivity contribution in [3.05, 3.63) is 72.3 Å². The second-order valence-corrected chi connectivity index (χ2v) is 8.95. The number of carbonyl (C=O) groups is 2. The molecule has 3 aromatic carbocycles. The van der Waals surface area contributed by atoms with Crippen LogP contribution < -0.4 is 19.5 Å². The first kappa shape index (κ1) is 24.3. The lowest BCUT2D eigenvalue weighted by Crippen LogP contribution is -2.25. The van der Waals surface area contributed by atoms with Gasteiger partial charge in [-0.1, -0.05) is 11.8 Å². The van der Waals surface area contributed by atoms with Gasteiger partial charge in [-0.05, 0) is 66.7 Å². The maximum atomic E-state index is 12.9. The molecule has 1 N–H and O–H groups in total. The number of hydrogen-bond acceptors (Lipinski definition) is 9. The average molecular weight is 515 g/mol. The summed E-state index contributed by atoms with van der Waals surface area (Å²) < 4.78 is 15.9. The Kier molecular flexibility index (Phi) is 7.00. The molecule has 0 saturated heterocycles. The second kappa shape index (κ2) is 10.7. The molecule has 0 aliphatic carbocycles. The molecule has 5 rings (SSSR count). The molecule has 0 unspecified atom stereocenters. The lowest BCUT2D eigenvalue weighted by Gasteiger charge is -2.18. The largest absolute Gasteiger partial charge is 0.497 e. The first-order valence-corrected chi connectivity index (χ1v) is 12.3. The van der Waals surface area contributed by atoms with Crippen LogP contribution in [0.15, 0.2) is 71.9 Å². The number of nitrogens with one attached hydrogen (secondary N) is 1. The van der Waals surface area contributed by atoms with Gasteiger partial charge in [0.15, 0.2) is 12.4 Å². The van der Waals surface area contributed by atoms with Gasteiger partial charge >= 0.3 is 0 Å². The number of ether oxygens (including phenoxy) is 3. The van der Waals surface area contributed by atoms with Crippen molar-refractivity contribution in [2.75, 3.05) is 31.9 Å². The van der Waals surface area contributed by atoms with Gasteiger partial charge in [-0.15, -0.1) is 10.2 Å². The standard InChI is InChI=1S/C27H22N4O5S/c1-34-19-8-3-16(4-9-19)25-26(17-5-10-20(35-2)11-6-17)30-31-27(29-25)37-15-22(32)18-7-12-23-21(13-18)28-24(33)14-36-23/h3-13H,14-15H2,1-2H3,(H,28,33). The van der Waals surface area contributed by atoms with Crippen molar-refractivity contribution >= 4 is 29.1 Å². The number of rotatable bonds is 8. The highest BCUT2D eigenvalue weighted by Crippen LogP contribution is 2.33. The molecule has 9 nitrogen and oxygen atoms in total. The highest BCUT2D eigenvalue weighted by molar-refractivity contribution is 7.99. The SMILES string of the molecule is COc1ccc(-c2nnc(SCC(=O)c3ccc4c(c3)NC(=O)CO4)nc2-c2ccc(OC)cc2)cc1. The number of methoxy groups -OCH3 is 2. The summed E-state index contributed by atoms with van der Waals surface area (Å²) in [6, 6.07) is 20.0. The molecule has 4 aromatic rings. The van der Waals surface area contributed by atoms with E-state index in [0.29, 0.717) is 33.5 Å². The van der Waals surface area contributed by atoms with Crippen LogP contribution in [0.25, 0.3) is 22.5 Å². The van der Waals surface area contributed by atoms with Gasteiger partial charge in [0.1, 0.15) is 28.6 Å². The molecule has 10 heteroatoms. The predicted octanol–water partition coefficient (Wildman–Crippen LogP) is 4.53. The van der Waals surface area contributed by atoms with Crippen molar-refractivity contribution in [1.82, 2.24) is 15.2 Å². The van der Waals surface area contributed by atoms with Gasteiger partial charge < -0.3 is 19.5 Å². The molecule has 0 saturated carbocycles. The van der Waals surface area contributed by atoms with Gasteiger partial charge in [0.25, 0.3) is 5.91 Å². The van der Waals surface area contributed by atoms with E-state index < -0.39 is 0 Å². The topological polar surface area (TPSA) is 113 Å². The molecule has 37 heavy (non-hydrogen) atoms. The van der Waals surface area contributed by atoms with Gasteiger partial charge in [0, 0.05) is 16.7 Å². The first-order valence-electron chi connectivity index (χ1n) is 11.3. The molecular formula is C27H22N4O5S. The molecule has 1 aliphatic rings. The summed E-state index contributed by atoms with van der Waals surface area (Å²) in [6.07, 6.45) is 0. The number of carbonyl (C=O) groups excluding carboxylic acids is 2. The number of nitrogens with zero attached hydrogens (tertiary/aromatic N) is 3. The van der Waals surface area contributed by atoms with Gasteiger partial charge in [0.05, 0.1) is 25.7 Å². The van der Waals surface area contributed by atoms with Crippen LogP contribution in [-0.4, -0.2) is 53.5 Å². The fourth-order valence-corrected chi connectivity index (χ4v) is 4.42. The predicted molar refractivity (Wildman–Crippen MR) is 139 cm³/mol. The Labute approximate surface area is 217 Å². The summed E-state index contributed by atoms with van der Waals surface area (Å²) in [5.41, 5.74) is 3.84. The number of amides is 1. The number of fused-ring (bicyclic) bond motifs is 1. The molecule has 186 valence electrons. The first-order chi connectivity index (χ1) is 18.0.